The Bertz CT molecular complexity index is 700. The van der Waals surface area contributed by atoms with Crippen molar-refractivity contribution in [2.45, 2.75) is 46.6 Å². The highest BCUT2D eigenvalue weighted by Crippen LogP contribution is 2.26. The molecule has 0 bridgehead atoms. The van der Waals surface area contributed by atoms with E-state index in [2.05, 4.69) is 19.2 Å². The van der Waals surface area contributed by atoms with Crippen molar-refractivity contribution in [1.82, 2.24) is 0 Å². The molecule has 3 nitrogen and oxygen atoms in total. The van der Waals surface area contributed by atoms with E-state index in [9.17, 15) is 4.79 Å². The van der Waals surface area contributed by atoms with E-state index >= 15 is 0 Å². The molecule has 2 aromatic rings. The largest absolute Gasteiger partial charge is 0.481 e. The maximum absolute atomic E-state index is 12.3. The number of carbonyl (C=O) groups excluding carboxylic acids is 1. The molecule has 0 aliphatic rings. The Morgan fingerprint density at radius 3 is 2.08 bits per heavy atom. The second-order valence-electron chi connectivity index (χ2n) is 6.40. The molecule has 4 heteroatoms. The summed E-state index contributed by atoms with van der Waals surface area (Å²) in [6.45, 7) is 9.85. The van der Waals surface area contributed by atoms with Crippen LogP contribution in [0.3, 0.4) is 0 Å². The number of halogens is 1. The van der Waals surface area contributed by atoms with E-state index < -0.39 is 6.10 Å². The number of rotatable bonds is 5. The molecule has 0 aromatic heterocycles. The summed E-state index contributed by atoms with van der Waals surface area (Å²) in [5.41, 5.74) is 3.87. The Kier molecular flexibility index (Phi) is 5.89. The first-order chi connectivity index (χ1) is 11.3. The van der Waals surface area contributed by atoms with Crippen molar-refractivity contribution >= 4 is 23.2 Å². The Hall–Kier alpha value is -2.00. The predicted octanol–water partition coefficient (Wildman–Crippen LogP) is 5.49. The van der Waals surface area contributed by atoms with Crippen LogP contribution in [0, 0.1) is 13.8 Å². The van der Waals surface area contributed by atoms with Crippen molar-refractivity contribution in [2.75, 3.05) is 5.32 Å². The maximum atomic E-state index is 12.3. The third kappa shape index (κ3) is 4.51. The average Bonchev–Trinajstić information content (AvgIpc) is 2.52. The van der Waals surface area contributed by atoms with E-state index in [0.717, 1.165) is 21.8 Å². The van der Waals surface area contributed by atoms with Crippen LogP contribution in [0.25, 0.3) is 0 Å². The molecular weight excluding hydrogens is 322 g/mol. The van der Waals surface area contributed by atoms with E-state index in [4.69, 9.17) is 16.3 Å². The van der Waals surface area contributed by atoms with Gasteiger partial charge in [0.2, 0.25) is 0 Å². The monoisotopic (exact) mass is 345 g/mol. The lowest BCUT2D eigenvalue weighted by Gasteiger charge is -2.16. The van der Waals surface area contributed by atoms with Crippen molar-refractivity contribution in [1.29, 1.82) is 0 Å². The van der Waals surface area contributed by atoms with Crippen molar-refractivity contribution in [3.05, 3.63) is 58.1 Å². The number of hydrogen-bond donors (Lipinski definition) is 1. The molecule has 24 heavy (non-hydrogen) atoms. The van der Waals surface area contributed by atoms with Crippen molar-refractivity contribution in [3.63, 3.8) is 0 Å². The molecule has 2 rings (SSSR count). The van der Waals surface area contributed by atoms with Gasteiger partial charge in [-0.15, -0.1) is 0 Å². The summed E-state index contributed by atoms with van der Waals surface area (Å²) in [6.07, 6.45) is -0.602. The van der Waals surface area contributed by atoms with Crippen LogP contribution in [0.5, 0.6) is 5.75 Å². The molecule has 0 saturated heterocycles. The molecule has 0 aliphatic carbocycles. The van der Waals surface area contributed by atoms with E-state index in [0.29, 0.717) is 11.7 Å². The quantitative estimate of drug-likeness (QED) is 0.778. The summed E-state index contributed by atoms with van der Waals surface area (Å²) in [4.78, 5) is 12.3. The zero-order valence-corrected chi connectivity index (χ0v) is 15.6. The minimum absolute atomic E-state index is 0.183. The van der Waals surface area contributed by atoms with Crippen molar-refractivity contribution in [2.24, 2.45) is 0 Å². The highest BCUT2D eigenvalue weighted by Gasteiger charge is 2.16. The van der Waals surface area contributed by atoms with E-state index in [1.165, 1.54) is 5.56 Å². The fourth-order valence-corrected chi connectivity index (χ4v) is 2.54. The molecule has 0 heterocycles. The topological polar surface area (TPSA) is 38.3 Å². The molecule has 0 spiro atoms. The highest BCUT2D eigenvalue weighted by atomic mass is 35.5. The lowest BCUT2D eigenvalue weighted by atomic mass is 10.0. The van der Waals surface area contributed by atoms with Gasteiger partial charge < -0.3 is 10.1 Å². The first-order valence-electron chi connectivity index (χ1n) is 8.12. The lowest BCUT2D eigenvalue weighted by Crippen LogP contribution is -2.30. The molecule has 0 saturated carbocycles. The Labute approximate surface area is 149 Å². The van der Waals surface area contributed by atoms with Crippen LogP contribution in [-0.4, -0.2) is 12.0 Å². The number of amides is 1. The second kappa shape index (κ2) is 7.71. The lowest BCUT2D eigenvalue weighted by molar-refractivity contribution is -0.122. The number of carbonyl (C=O) groups is 1. The van der Waals surface area contributed by atoms with Crippen LogP contribution in [0.2, 0.25) is 5.02 Å². The summed E-state index contributed by atoms with van der Waals surface area (Å²) in [6, 6.07) is 11.6. The van der Waals surface area contributed by atoms with Crippen LogP contribution < -0.4 is 10.1 Å². The van der Waals surface area contributed by atoms with Crippen LogP contribution >= 0.6 is 11.6 Å². The molecule has 2 aromatic carbocycles. The van der Waals surface area contributed by atoms with Crippen LogP contribution in [0.1, 0.15) is 43.4 Å². The van der Waals surface area contributed by atoms with Crippen LogP contribution in [0.15, 0.2) is 36.4 Å². The van der Waals surface area contributed by atoms with Gasteiger partial charge >= 0.3 is 0 Å². The van der Waals surface area contributed by atoms with Gasteiger partial charge in [0.15, 0.2) is 6.10 Å². The van der Waals surface area contributed by atoms with Gasteiger partial charge in [-0.1, -0.05) is 37.6 Å². The van der Waals surface area contributed by atoms with Crippen molar-refractivity contribution in [3.8, 4) is 5.75 Å². The van der Waals surface area contributed by atoms with E-state index in [1.807, 2.05) is 50.2 Å². The molecule has 0 radical (unpaired) electrons. The summed E-state index contributed by atoms with van der Waals surface area (Å²) >= 11 is 6.16. The van der Waals surface area contributed by atoms with E-state index in [1.54, 1.807) is 6.92 Å². The first-order valence-corrected chi connectivity index (χ1v) is 8.50. The van der Waals surface area contributed by atoms with Crippen LogP contribution in [-0.2, 0) is 4.79 Å². The first kappa shape index (κ1) is 18.3. The fraction of sp³-hybridized carbons (Fsp3) is 0.350. The third-order valence-electron chi connectivity index (χ3n) is 3.94. The van der Waals surface area contributed by atoms with Gasteiger partial charge in [-0.25, -0.2) is 0 Å². The Morgan fingerprint density at radius 1 is 1.04 bits per heavy atom. The maximum Gasteiger partial charge on any atom is 0.265 e. The highest BCUT2D eigenvalue weighted by molar-refractivity contribution is 6.32. The third-order valence-corrected chi connectivity index (χ3v) is 4.53. The fourth-order valence-electron chi connectivity index (χ4n) is 2.43. The molecule has 0 fully saturated rings. The number of aryl methyl sites for hydroxylation is 2. The SMILES string of the molecule is Cc1cc(O[C@@H](C)C(=O)Nc2ccc(C(C)C)cc2)cc(C)c1Cl. The number of ether oxygens (including phenoxy) is 1. The zero-order valence-electron chi connectivity index (χ0n) is 14.8. The summed E-state index contributed by atoms with van der Waals surface area (Å²) in [7, 11) is 0. The smallest absolute Gasteiger partial charge is 0.265 e. The minimum Gasteiger partial charge on any atom is -0.481 e. The van der Waals surface area contributed by atoms with Gasteiger partial charge in [0.25, 0.3) is 5.91 Å². The molecule has 0 unspecified atom stereocenters. The summed E-state index contributed by atoms with van der Waals surface area (Å²) < 4.78 is 5.76. The van der Waals surface area contributed by atoms with E-state index in [-0.39, 0.29) is 5.91 Å². The average molecular weight is 346 g/mol. The van der Waals surface area contributed by atoms with Gasteiger partial charge in [-0.05, 0) is 67.6 Å². The van der Waals surface area contributed by atoms with Crippen molar-refractivity contribution < 1.29 is 9.53 Å². The van der Waals surface area contributed by atoms with Gasteiger partial charge in [-0.3, -0.25) is 4.79 Å². The Morgan fingerprint density at radius 2 is 1.58 bits per heavy atom. The normalized spacial score (nSPS) is 12.1. The second-order valence-corrected chi connectivity index (χ2v) is 6.78. The number of benzene rings is 2. The molecule has 1 atom stereocenters. The molecule has 0 aliphatic heterocycles. The number of hydrogen-bond acceptors (Lipinski definition) is 2. The van der Waals surface area contributed by atoms with Crippen LogP contribution in [0.4, 0.5) is 5.69 Å². The molecular formula is C20H24ClNO2. The van der Waals surface area contributed by atoms with Gasteiger partial charge in [0.05, 0.1) is 0 Å². The zero-order chi connectivity index (χ0) is 17.9. The standard InChI is InChI=1S/C20H24ClNO2/c1-12(2)16-6-8-17(9-7-16)22-20(23)15(5)24-18-10-13(3)19(21)14(4)11-18/h6-12,15H,1-5H3,(H,22,23)/t15-/m0/s1. The molecule has 1 N–H and O–H groups in total. The van der Waals surface area contributed by atoms with Gasteiger partial charge in [0.1, 0.15) is 5.75 Å². The minimum atomic E-state index is -0.602. The molecule has 128 valence electrons. The molecule has 1 amide bonds. The number of anilines is 1. The summed E-state index contributed by atoms with van der Waals surface area (Å²) in [5, 5.41) is 3.61. The summed E-state index contributed by atoms with van der Waals surface area (Å²) in [5.74, 6) is 0.929. The predicted molar refractivity (Wildman–Crippen MR) is 100 cm³/mol. The Balaban J connectivity index is 2.02. The number of nitrogens with one attached hydrogen (secondary N) is 1. The van der Waals surface area contributed by atoms with Gasteiger partial charge in [0, 0.05) is 10.7 Å². The van der Waals surface area contributed by atoms with Gasteiger partial charge in [-0.2, -0.15) is 0 Å².